The second-order valence-corrected chi connectivity index (χ2v) is 5.96. The molecule has 6 heteroatoms. The summed E-state index contributed by atoms with van der Waals surface area (Å²) in [5.41, 5.74) is 7.03. The third-order valence-corrected chi connectivity index (χ3v) is 4.02. The molecule has 0 aromatic heterocycles. The first-order valence-electron chi connectivity index (χ1n) is 5.72. The van der Waals surface area contributed by atoms with Gasteiger partial charge in [-0.1, -0.05) is 0 Å². The molecule has 2 rings (SSSR count). The van der Waals surface area contributed by atoms with Gasteiger partial charge in [0.2, 0.25) is 5.91 Å². The number of hydrogen-bond acceptors (Lipinski definition) is 3. The lowest BCUT2D eigenvalue weighted by Gasteiger charge is -2.13. The molecule has 1 saturated heterocycles. The van der Waals surface area contributed by atoms with Crippen molar-refractivity contribution >= 4 is 49.1 Å². The van der Waals surface area contributed by atoms with Crippen LogP contribution >= 0.6 is 31.9 Å². The smallest absolute Gasteiger partial charge is 0.227 e. The molecule has 1 aliphatic rings. The molecule has 1 unspecified atom stereocenters. The number of hydrogen-bond donors (Lipinski definition) is 2. The molecule has 0 saturated carbocycles. The van der Waals surface area contributed by atoms with E-state index in [1.807, 2.05) is 0 Å². The van der Waals surface area contributed by atoms with E-state index in [-0.39, 0.29) is 12.0 Å². The number of nitrogens with one attached hydrogen (secondary N) is 1. The Bertz CT molecular complexity index is 436. The largest absolute Gasteiger partial charge is 0.399 e. The summed E-state index contributed by atoms with van der Waals surface area (Å²) in [5, 5.41) is 2.86. The van der Waals surface area contributed by atoms with Crippen LogP contribution in [0.4, 0.5) is 11.4 Å². The SMILES string of the molecule is Nc1cc(Br)c(NC(=O)CC2CCCO2)c(Br)c1. The normalized spacial score (nSPS) is 18.9. The van der Waals surface area contributed by atoms with Crippen molar-refractivity contribution in [1.29, 1.82) is 0 Å². The third-order valence-electron chi connectivity index (χ3n) is 2.77. The van der Waals surface area contributed by atoms with Crippen molar-refractivity contribution in [3.8, 4) is 0 Å². The predicted molar refractivity (Wildman–Crippen MR) is 78.5 cm³/mol. The first-order chi connectivity index (χ1) is 8.56. The summed E-state index contributed by atoms with van der Waals surface area (Å²) in [5.74, 6) is -0.0481. The second-order valence-electron chi connectivity index (χ2n) is 4.25. The third kappa shape index (κ3) is 3.46. The van der Waals surface area contributed by atoms with Gasteiger partial charge in [0, 0.05) is 21.2 Å². The first-order valence-corrected chi connectivity index (χ1v) is 7.31. The molecule has 1 aromatic rings. The van der Waals surface area contributed by atoms with Gasteiger partial charge in [0.05, 0.1) is 18.2 Å². The zero-order chi connectivity index (χ0) is 13.1. The van der Waals surface area contributed by atoms with Gasteiger partial charge in [-0.15, -0.1) is 0 Å². The van der Waals surface area contributed by atoms with E-state index in [1.54, 1.807) is 12.1 Å². The van der Waals surface area contributed by atoms with Crippen LogP contribution < -0.4 is 11.1 Å². The quantitative estimate of drug-likeness (QED) is 0.794. The van der Waals surface area contributed by atoms with Crippen LogP contribution in [0.3, 0.4) is 0 Å². The topological polar surface area (TPSA) is 64.3 Å². The van der Waals surface area contributed by atoms with Gasteiger partial charge in [-0.25, -0.2) is 0 Å². The molecule has 0 bridgehead atoms. The molecule has 98 valence electrons. The number of carbonyl (C=O) groups excluding carboxylic acids is 1. The highest BCUT2D eigenvalue weighted by Gasteiger charge is 2.20. The van der Waals surface area contributed by atoms with Crippen molar-refractivity contribution in [2.75, 3.05) is 17.7 Å². The molecule has 1 atom stereocenters. The number of halogens is 2. The fourth-order valence-corrected chi connectivity index (χ4v) is 3.33. The Morgan fingerprint density at radius 1 is 1.44 bits per heavy atom. The Balaban J connectivity index is 2.02. The summed E-state index contributed by atoms with van der Waals surface area (Å²) < 4.78 is 6.96. The van der Waals surface area contributed by atoms with Crippen LogP contribution in [0.1, 0.15) is 19.3 Å². The predicted octanol–water partition coefficient (Wildman–Crippen LogP) is 3.30. The second kappa shape index (κ2) is 6.04. The van der Waals surface area contributed by atoms with Crippen LogP contribution in [-0.4, -0.2) is 18.6 Å². The van der Waals surface area contributed by atoms with Gasteiger partial charge in [-0.2, -0.15) is 0 Å². The molecule has 1 heterocycles. The summed E-state index contributed by atoms with van der Waals surface area (Å²) in [4.78, 5) is 11.9. The zero-order valence-corrected chi connectivity index (χ0v) is 12.9. The van der Waals surface area contributed by atoms with E-state index in [1.165, 1.54) is 0 Å². The lowest BCUT2D eigenvalue weighted by atomic mass is 10.1. The molecule has 1 aliphatic heterocycles. The van der Waals surface area contributed by atoms with Crippen LogP contribution in [-0.2, 0) is 9.53 Å². The van der Waals surface area contributed by atoms with Gasteiger partial charge in [-0.3, -0.25) is 4.79 Å². The van der Waals surface area contributed by atoms with E-state index in [2.05, 4.69) is 37.2 Å². The lowest BCUT2D eigenvalue weighted by molar-refractivity contribution is -0.118. The highest BCUT2D eigenvalue weighted by atomic mass is 79.9. The van der Waals surface area contributed by atoms with Gasteiger partial charge in [0.15, 0.2) is 0 Å². The van der Waals surface area contributed by atoms with Crippen molar-refractivity contribution < 1.29 is 9.53 Å². The fourth-order valence-electron chi connectivity index (χ4n) is 1.91. The van der Waals surface area contributed by atoms with Gasteiger partial charge >= 0.3 is 0 Å². The van der Waals surface area contributed by atoms with E-state index in [0.29, 0.717) is 17.8 Å². The Labute approximate surface area is 123 Å². The minimum absolute atomic E-state index is 0.0481. The van der Waals surface area contributed by atoms with Gasteiger partial charge in [0.25, 0.3) is 0 Å². The van der Waals surface area contributed by atoms with Gasteiger partial charge < -0.3 is 15.8 Å². The number of ether oxygens (including phenoxy) is 1. The monoisotopic (exact) mass is 376 g/mol. The fraction of sp³-hybridized carbons (Fsp3) is 0.417. The van der Waals surface area contributed by atoms with Crippen molar-refractivity contribution in [3.63, 3.8) is 0 Å². The molecular weight excluding hydrogens is 364 g/mol. The van der Waals surface area contributed by atoms with Crippen LogP contribution in [0.5, 0.6) is 0 Å². The number of nitrogens with two attached hydrogens (primary N) is 1. The van der Waals surface area contributed by atoms with E-state index < -0.39 is 0 Å². The van der Waals surface area contributed by atoms with Crippen LogP contribution in [0.15, 0.2) is 21.1 Å². The Hall–Kier alpha value is -0.590. The maximum Gasteiger partial charge on any atom is 0.227 e. The molecule has 0 aliphatic carbocycles. The number of anilines is 2. The Kier molecular flexibility index (Phi) is 4.64. The minimum Gasteiger partial charge on any atom is -0.399 e. The molecule has 18 heavy (non-hydrogen) atoms. The lowest BCUT2D eigenvalue weighted by Crippen LogP contribution is -2.19. The number of benzene rings is 1. The highest BCUT2D eigenvalue weighted by Crippen LogP contribution is 2.33. The maximum atomic E-state index is 11.9. The summed E-state index contributed by atoms with van der Waals surface area (Å²) in [6.45, 7) is 0.757. The molecule has 1 fully saturated rings. The summed E-state index contributed by atoms with van der Waals surface area (Å²) in [7, 11) is 0. The first kappa shape index (κ1) is 13.8. The van der Waals surface area contributed by atoms with Crippen LogP contribution in [0.25, 0.3) is 0 Å². The molecule has 1 aromatic carbocycles. The number of nitrogen functional groups attached to an aromatic ring is 1. The average molecular weight is 378 g/mol. The van der Waals surface area contributed by atoms with E-state index >= 15 is 0 Å². The van der Waals surface area contributed by atoms with Gasteiger partial charge in [-0.05, 0) is 56.8 Å². The molecule has 3 N–H and O–H groups in total. The zero-order valence-electron chi connectivity index (χ0n) is 9.71. The number of amides is 1. The van der Waals surface area contributed by atoms with Crippen molar-refractivity contribution in [1.82, 2.24) is 0 Å². The minimum atomic E-state index is -0.0481. The number of carbonyl (C=O) groups is 1. The molecular formula is C12H14Br2N2O2. The maximum absolute atomic E-state index is 11.9. The van der Waals surface area contributed by atoms with Crippen LogP contribution in [0.2, 0.25) is 0 Å². The molecule has 0 radical (unpaired) electrons. The Morgan fingerprint density at radius 3 is 2.67 bits per heavy atom. The molecule has 4 nitrogen and oxygen atoms in total. The van der Waals surface area contributed by atoms with Crippen molar-refractivity contribution in [2.45, 2.75) is 25.4 Å². The highest BCUT2D eigenvalue weighted by molar-refractivity contribution is 9.11. The van der Waals surface area contributed by atoms with Gasteiger partial charge in [0.1, 0.15) is 0 Å². The summed E-state index contributed by atoms with van der Waals surface area (Å²) >= 11 is 6.77. The standard InChI is InChI=1S/C12H14Br2N2O2/c13-9-4-7(15)5-10(14)12(9)16-11(17)6-8-2-1-3-18-8/h4-5,8H,1-3,6,15H2,(H,16,17). The summed E-state index contributed by atoms with van der Waals surface area (Å²) in [6.07, 6.45) is 2.44. The molecule has 1 amide bonds. The van der Waals surface area contributed by atoms with E-state index in [9.17, 15) is 4.79 Å². The Morgan fingerprint density at radius 2 is 2.11 bits per heavy atom. The number of rotatable bonds is 3. The summed E-state index contributed by atoms with van der Waals surface area (Å²) in [6, 6.07) is 3.51. The van der Waals surface area contributed by atoms with E-state index in [4.69, 9.17) is 10.5 Å². The van der Waals surface area contributed by atoms with Crippen molar-refractivity contribution in [3.05, 3.63) is 21.1 Å². The van der Waals surface area contributed by atoms with Crippen molar-refractivity contribution in [2.24, 2.45) is 0 Å². The molecule has 0 spiro atoms. The average Bonchev–Trinajstić information content (AvgIpc) is 2.76. The van der Waals surface area contributed by atoms with E-state index in [0.717, 1.165) is 28.4 Å². The van der Waals surface area contributed by atoms with Crippen LogP contribution in [0, 0.1) is 0 Å².